The fourth-order valence-corrected chi connectivity index (χ4v) is 2.37. The Balaban J connectivity index is 1.67. The van der Waals surface area contributed by atoms with E-state index in [1.165, 1.54) is 17.5 Å². The fourth-order valence-electron chi connectivity index (χ4n) is 2.37. The maximum Gasteiger partial charge on any atom is 0.0952 e. The highest BCUT2D eigenvalue weighted by atomic mass is 16.5. The highest BCUT2D eigenvalue weighted by Gasteiger charge is 2.19. The molecule has 1 aliphatic heterocycles. The van der Waals surface area contributed by atoms with Crippen molar-refractivity contribution < 1.29 is 9.47 Å². The van der Waals surface area contributed by atoms with Gasteiger partial charge < -0.3 is 14.8 Å². The Morgan fingerprint density at radius 1 is 1.32 bits per heavy atom. The minimum Gasteiger partial charge on any atom is -0.380 e. The minimum absolute atomic E-state index is 0.195. The van der Waals surface area contributed by atoms with Gasteiger partial charge in [0.15, 0.2) is 0 Å². The summed E-state index contributed by atoms with van der Waals surface area (Å²) in [6, 6.07) is 8.59. The molecule has 1 heterocycles. The standard InChI is InChI=1S/C16H25NO2/c1-2-3-10-18-12-9-17-13-16-15-7-5-4-6-14(15)8-11-19-16/h4-7,16-17H,2-3,8-13H2,1H3. The molecule has 2 rings (SSSR count). The summed E-state index contributed by atoms with van der Waals surface area (Å²) >= 11 is 0. The average Bonchev–Trinajstić information content (AvgIpc) is 2.46. The van der Waals surface area contributed by atoms with Crippen molar-refractivity contribution in [2.45, 2.75) is 32.3 Å². The molecule has 1 aromatic carbocycles. The topological polar surface area (TPSA) is 30.5 Å². The zero-order chi connectivity index (χ0) is 13.3. The molecule has 0 radical (unpaired) electrons. The van der Waals surface area contributed by atoms with Gasteiger partial charge in [0.05, 0.1) is 19.3 Å². The van der Waals surface area contributed by atoms with E-state index in [1.807, 2.05) is 0 Å². The van der Waals surface area contributed by atoms with Crippen molar-refractivity contribution in [1.29, 1.82) is 0 Å². The molecule has 1 aromatic rings. The van der Waals surface area contributed by atoms with Crippen LogP contribution >= 0.6 is 0 Å². The molecule has 0 saturated carbocycles. The van der Waals surface area contributed by atoms with Crippen molar-refractivity contribution in [3.05, 3.63) is 35.4 Å². The SMILES string of the molecule is CCCCOCCNCC1OCCc2ccccc21. The lowest BCUT2D eigenvalue weighted by molar-refractivity contribution is 0.0406. The van der Waals surface area contributed by atoms with E-state index in [2.05, 4.69) is 36.5 Å². The molecular formula is C16H25NO2. The molecule has 19 heavy (non-hydrogen) atoms. The second-order valence-corrected chi connectivity index (χ2v) is 4.98. The Labute approximate surface area is 116 Å². The van der Waals surface area contributed by atoms with Crippen LogP contribution in [0.1, 0.15) is 37.0 Å². The zero-order valence-electron chi connectivity index (χ0n) is 11.9. The molecular weight excluding hydrogens is 238 g/mol. The minimum atomic E-state index is 0.195. The highest BCUT2D eigenvalue weighted by Crippen LogP contribution is 2.25. The largest absolute Gasteiger partial charge is 0.380 e. The molecule has 1 N–H and O–H groups in total. The zero-order valence-corrected chi connectivity index (χ0v) is 11.9. The van der Waals surface area contributed by atoms with E-state index in [4.69, 9.17) is 9.47 Å². The van der Waals surface area contributed by atoms with E-state index in [-0.39, 0.29) is 6.10 Å². The van der Waals surface area contributed by atoms with Gasteiger partial charge in [-0.3, -0.25) is 0 Å². The molecule has 106 valence electrons. The monoisotopic (exact) mass is 263 g/mol. The lowest BCUT2D eigenvalue weighted by atomic mass is 9.97. The van der Waals surface area contributed by atoms with Gasteiger partial charge in [0.1, 0.15) is 0 Å². The molecule has 1 unspecified atom stereocenters. The van der Waals surface area contributed by atoms with Crippen LogP contribution < -0.4 is 5.32 Å². The van der Waals surface area contributed by atoms with Crippen molar-refractivity contribution in [3.8, 4) is 0 Å². The summed E-state index contributed by atoms with van der Waals surface area (Å²) in [4.78, 5) is 0. The molecule has 0 spiro atoms. The van der Waals surface area contributed by atoms with E-state index in [9.17, 15) is 0 Å². The summed E-state index contributed by atoms with van der Waals surface area (Å²) in [6.07, 6.45) is 3.58. The van der Waals surface area contributed by atoms with Crippen LogP contribution in [0.2, 0.25) is 0 Å². The third-order valence-electron chi connectivity index (χ3n) is 3.49. The van der Waals surface area contributed by atoms with Gasteiger partial charge in [0, 0.05) is 19.7 Å². The van der Waals surface area contributed by atoms with Gasteiger partial charge in [-0.05, 0) is 24.0 Å². The summed E-state index contributed by atoms with van der Waals surface area (Å²) in [5.74, 6) is 0. The lowest BCUT2D eigenvalue weighted by Crippen LogP contribution is -2.29. The van der Waals surface area contributed by atoms with Gasteiger partial charge in [-0.25, -0.2) is 0 Å². The molecule has 0 bridgehead atoms. The van der Waals surface area contributed by atoms with Crippen LogP contribution in [0.3, 0.4) is 0 Å². The van der Waals surface area contributed by atoms with Crippen LogP contribution in [-0.2, 0) is 15.9 Å². The number of hydrogen-bond donors (Lipinski definition) is 1. The number of hydrogen-bond acceptors (Lipinski definition) is 3. The molecule has 0 saturated heterocycles. The van der Waals surface area contributed by atoms with E-state index >= 15 is 0 Å². The van der Waals surface area contributed by atoms with Gasteiger partial charge in [-0.15, -0.1) is 0 Å². The smallest absolute Gasteiger partial charge is 0.0952 e. The predicted octanol–water partition coefficient (Wildman–Crippen LogP) is 2.71. The predicted molar refractivity (Wildman–Crippen MR) is 77.4 cm³/mol. The summed E-state index contributed by atoms with van der Waals surface area (Å²) < 4.78 is 11.4. The second-order valence-electron chi connectivity index (χ2n) is 4.98. The Hall–Kier alpha value is -0.900. The van der Waals surface area contributed by atoms with Crippen LogP contribution in [-0.4, -0.2) is 32.9 Å². The first-order valence-corrected chi connectivity index (χ1v) is 7.39. The third kappa shape index (κ3) is 4.60. The summed E-state index contributed by atoms with van der Waals surface area (Å²) in [6.45, 7) is 6.44. The Morgan fingerprint density at radius 2 is 2.21 bits per heavy atom. The Bertz CT molecular complexity index is 368. The molecule has 3 nitrogen and oxygen atoms in total. The van der Waals surface area contributed by atoms with Gasteiger partial charge in [-0.1, -0.05) is 37.6 Å². The van der Waals surface area contributed by atoms with Crippen LogP contribution in [0.5, 0.6) is 0 Å². The molecule has 1 aliphatic rings. The quantitative estimate of drug-likeness (QED) is 0.732. The second kappa shape index (κ2) is 8.31. The van der Waals surface area contributed by atoms with Gasteiger partial charge >= 0.3 is 0 Å². The van der Waals surface area contributed by atoms with E-state index in [1.54, 1.807) is 0 Å². The number of benzene rings is 1. The van der Waals surface area contributed by atoms with Crippen LogP contribution in [0.15, 0.2) is 24.3 Å². The summed E-state index contributed by atoms with van der Waals surface area (Å²) in [5.41, 5.74) is 2.77. The summed E-state index contributed by atoms with van der Waals surface area (Å²) in [7, 11) is 0. The first kappa shape index (κ1) is 14.5. The number of unbranched alkanes of at least 4 members (excludes halogenated alkanes) is 1. The number of nitrogens with one attached hydrogen (secondary N) is 1. The van der Waals surface area contributed by atoms with Gasteiger partial charge in [0.25, 0.3) is 0 Å². The van der Waals surface area contributed by atoms with Crippen LogP contribution in [0.4, 0.5) is 0 Å². The maximum absolute atomic E-state index is 5.85. The van der Waals surface area contributed by atoms with Gasteiger partial charge in [-0.2, -0.15) is 0 Å². The highest BCUT2D eigenvalue weighted by molar-refractivity contribution is 5.31. The molecule has 1 atom stereocenters. The van der Waals surface area contributed by atoms with Crippen LogP contribution in [0, 0.1) is 0 Å². The van der Waals surface area contributed by atoms with Crippen molar-refractivity contribution >= 4 is 0 Å². The molecule has 0 amide bonds. The number of ether oxygens (including phenoxy) is 2. The Morgan fingerprint density at radius 3 is 3.11 bits per heavy atom. The van der Waals surface area contributed by atoms with E-state index in [0.717, 1.165) is 45.8 Å². The van der Waals surface area contributed by atoms with Crippen molar-refractivity contribution in [1.82, 2.24) is 5.32 Å². The average molecular weight is 263 g/mol. The van der Waals surface area contributed by atoms with E-state index < -0.39 is 0 Å². The number of fused-ring (bicyclic) bond motifs is 1. The Kier molecular flexibility index (Phi) is 6.34. The van der Waals surface area contributed by atoms with Gasteiger partial charge in [0.2, 0.25) is 0 Å². The lowest BCUT2D eigenvalue weighted by Gasteiger charge is -2.26. The molecule has 0 aromatic heterocycles. The van der Waals surface area contributed by atoms with Crippen molar-refractivity contribution in [2.75, 3.05) is 32.9 Å². The molecule has 0 fully saturated rings. The summed E-state index contributed by atoms with van der Waals surface area (Å²) in [5, 5.41) is 3.42. The third-order valence-corrected chi connectivity index (χ3v) is 3.49. The van der Waals surface area contributed by atoms with Crippen LogP contribution in [0.25, 0.3) is 0 Å². The first-order valence-electron chi connectivity index (χ1n) is 7.39. The first-order chi connectivity index (χ1) is 9.42. The molecule has 0 aliphatic carbocycles. The van der Waals surface area contributed by atoms with Crippen molar-refractivity contribution in [2.24, 2.45) is 0 Å². The maximum atomic E-state index is 5.85. The van der Waals surface area contributed by atoms with E-state index in [0.29, 0.717) is 0 Å². The normalized spacial score (nSPS) is 18.3. The van der Waals surface area contributed by atoms with Crippen molar-refractivity contribution in [3.63, 3.8) is 0 Å². The fraction of sp³-hybridized carbons (Fsp3) is 0.625. The number of rotatable bonds is 8. The molecule has 3 heteroatoms.